The molecule has 174 valence electrons. The van der Waals surface area contributed by atoms with Crippen molar-refractivity contribution >= 4 is 5.78 Å². The van der Waals surface area contributed by atoms with Crippen molar-refractivity contribution in [1.82, 2.24) is 0 Å². The van der Waals surface area contributed by atoms with Gasteiger partial charge in [0.2, 0.25) is 0 Å². The van der Waals surface area contributed by atoms with Gasteiger partial charge >= 0.3 is 0 Å². The second-order valence-corrected chi connectivity index (χ2v) is 12.4. The first-order valence-electron chi connectivity index (χ1n) is 13.8. The second kappa shape index (κ2) is 9.66. The summed E-state index contributed by atoms with van der Waals surface area (Å²) < 4.78 is 0. The molecule has 0 spiro atoms. The van der Waals surface area contributed by atoms with E-state index < -0.39 is 0 Å². The molecule has 0 radical (unpaired) electrons. The molecule has 0 aromatic carbocycles. The lowest BCUT2D eigenvalue weighted by Gasteiger charge is -2.60. The molecule has 8 unspecified atom stereocenters. The molecule has 0 aromatic heterocycles. The van der Waals surface area contributed by atoms with Gasteiger partial charge in [0.05, 0.1) is 0 Å². The lowest BCUT2D eigenvalue weighted by molar-refractivity contribution is -0.140. The lowest BCUT2D eigenvalue weighted by Crippen LogP contribution is -2.53. The zero-order valence-corrected chi connectivity index (χ0v) is 21.4. The van der Waals surface area contributed by atoms with E-state index in [4.69, 9.17) is 0 Å². The van der Waals surface area contributed by atoms with Gasteiger partial charge in [-0.05, 0) is 97.2 Å². The van der Waals surface area contributed by atoms with Gasteiger partial charge < -0.3 is 0 Å². The molecule has 0 aliphatic heterocycles. The van der Waals surface area contributed by atoms with Crippen LogP contribution in [0.5, 0.6) is 0 Å². The fourth-order valence-electron chi connectivity index (χ4n) is 9.07. The van der Waals surface area contributed by atoms with Gasteiger partial charge in [0.25, 0.3) is 0 Å². The molecule has 4 fully saturated rings. The fourth-order valence-corrected chi connectivity index (χ4v) is 9.07. The molecule has 8 atom stereocenters. The average molecular weight is 417 g/mol. The molecule has 1 nitrogen and oxygen atoms in total. The van der Waals surface area contributed by atoms with Crippen LogP contribution < -0.4 is 0 Å². The summed E-state index contributed by atoms with van der Waals surface area (Å²) in [6, 6.07) is 0. The van der Waals surface area contributed by atoms with Gasteiger partial charge in [0.1, 0.15) is 5.78 Å². The van der Waals surface area contributed by atoms with Crippen molar-refractivity contribution in [1.29, 1.82) is 0 Å². The minimum Gasteiger partial charge on any atom is -0.300 e. The van der Waals surface area contributed by atoms with E-state index in [-0.39, 0.29) is 0 Å². The SMILES string of the molecule is CC.CC(C)CCCC(C)C1CCC2C3CCC4CC(=O)CCC4(C)C3CCC12C. The van der Waals surface area contributed by atoms with Crippen molar-refractivity contribution in [2.24, 2.45) is 52.3 Å². The number of fused-ring (bicyclic) bond motifs is 5. The molecule has 0 amide bonds. The standard InChI is InChI=1S/C27H46O.C2H6/c1-18(2)7-6-8-19(3)23-11-12-24-22-10-9-20-17-21(28)13-15-26(20,4)25(22)14-16-27(23,24)5;1-2/h18-20,22-25H,6-17H2,1-5H3;1-2H3. The average Bonchev–Trinajstić information content (AvgIpc) is 3.07. The number of Topliss-reactive ketones (excluding diaryl/α,β-unsaturated/α-hetero) is 1. The molecule has 4 rings (SSSR count). The Morgan fingerprint density at radius 1 is 0.867 bits per heavy atom. The van der Waals surface area contributed by atoms with E-state index >= 15 is 0 Å². The maximum Gasteiger partial charge on any atom is 0.133 e. The van der Waals surface area contributed by atoms with Gasteiger partial charge in [-0.1, -0.05) is 67.7 Å². The first-order chi connectivity index (χ1) is 14.3. The molecule has 0 heterocycles. The summed E-state index contributed by atoms with van der Waals surface area (Å²) in [5.74, 6) is 6.82. The zero-order valence-electron chi connectivity index (χ0n) is 21.4. The second-order valence-electron chi connectivity index (χ2n) is 12.4. The Balaban J connectivity index is 0.00000124. The molecule has 4 aliphatic carbocycles. The largest absolute Gasteiger partial charge is 0.300 e. The summed E-state index contributed by atoms with van der Waals surface area (Å²) in [4.78, 5) is 12.1. The molecule has 1 heteroatoms. The summed E-state index contributed by atoms with van der Waals surface area (Å²) in [7, 11) is 0. The van der Waals surface area contributed by atoms with Crippen molar-refractivity contribution in [3.8, 4) is 0 Å². The van der Waals surface area contributed by atoms with Crippen LogP contribution in [0, 0.1) is 52.3 Å². The molecule has 4 saturated carbocycles. The van der Waals surface area contributed by atoms with Crippen molar-refractivity contribution in [2.45, 2.75) is 126 Å². The molecule has 0 N–H and O–H groups in total. The van der Waals surface area contributed by atoms with Gasteiger partial charge in [-0.15, -0.1) is 0 Å². The van der Waals surface area contributed by atoms with Crippen LogP contribution in [0.15, 0.2) is 0 Å². The Hall–Kier alpha value is -0.330. The smallest absolute Gasteiger partial charge is 0.133 e. The maximum atomic E-state index is 12.1. The van der Waals surface area contributed by atoms with E-state index in [1.807, 2.05) is 13.8 Å². The van der Waals surface area contributed by atoms with E-state index in [2.05, 4.69) is 34.6 Å². The Labute approximate surface area is 188 Å². The highest BCUT2D eigenvalue weighted by molar-refractivity contribution is 5.79. The van der Waals surface area contributed by atoms with E-state index in [1.165, 1.54) is 64.2 Å². The topological polar surface area (TPSA) is 17.1 Å². The first kappa shape index (κ1) is 24.3. The third-order valence-corrected chi connectivity index (χ3v) is 10.7. The van der Waals surface area contributed by atoms with E-state index in [9.17, 15) is 4.79 Å². The minimum absolute atomic E-state index is 0.471. The number of ketones is 1. The van der Waals surface area contributed by atoms with Crippen molar-refractivity contribution < 1.29 is 4.79 Å². The maximum absolute atomic E-state index is 12.1. The van der Waals surface area contributed by atoms with Crippen molar-refractivity contribution in [3.05, 3.63) is 0 Å². The molecule has 4 aliphatic rings. The third-order valence-electron chi connectivity index (χ3n) is 10.7. The van der Waals surface area contributed by atoms with E-state index in [0.29, 0.717) is 22.5 Å². The Morgan fingerprint density at radius 3 is 2.27 bits per heavy atom. The van der Waals surface area contributed by atoms with E-state index in [0.717, 1.165) is 48.3 Å². The summed E-state index contributed by atoms with van der Waals surface area (Å²) in [6.07, 6.45) is 15.9. The third kappa shape index (κ3) is 4.30. The predicted molar refractivity (Wildman–Crippen MR) is 129 cm³/mol. The highest BCUT2D eigenvalue weighted by Crippen LogP contribution is 2.68. The van der Waals surface area contributed by atoms with Gasteiger partial charge in [-0.25, -0.2) is 0 Å². The lowest BCUT2D eigenvalue weighted by atomic mass is 9.44. The fraction of sp³-hybridized carbons (Fsp3) is 0.966. The minimum atomic E-state index is 0.471. The van der Waals surface area contributed by atoms with Crippen molar-refractivity contribution in [3.63, 3.8) is 0 Å². The molecule has 0 bridgehead atoms. The highest BCUT2D eigenvalue weighted by Gasteiger charge is 2.60. The van der Waals surface area contributed by atoms with Crippen molar-refractivity contribution in [2.75, 3.05) is 0 Å². The van der Waals surface area contributed by atoms with Crippen LogP contribution in [0.25, 0.3) is 0 Å². The Bertz CT molecular complexity index is 579. The summed E-state index contributed by atoms with van der Waals surface area (Å²) >= 11 is 0. The molecular formula is C29H52O. The molecule has 0 saturated heterocycles. The van der Waals surface area contributed by atoms with Gasteiger partial charge in [0, 0.05) is 12.8 Å². The van der Waals surface area contributed by atoms with Crippen LogP contribution in [-0.2, 0) is 4.79 Å². The van der Waals surface area contributed by atoms with E-state index in [1.54, 1.807) is 0 Å². The number of carbonyl (C=O) groups excluding carboxylic acids is 1. The Kier molecular flexibility index (Phi) is 7.83. The van der Waals surface area contributed by atoms with Gasteiger partial charge in [-0.2, -0.15) is 0 Å². The van der Waals surface area contributed by atoms with Gasteiger partial charge in [0.15, 0.2) is 0 Å². The molecule has 30 heavy (non-hydrogen) atoms. The quantitative estimate of drug-likeness (QED) is 0.438. The summed E-state index contributed by atoms with van der Waals surface area (Å²) in [5.41, 5.74) is 1.07. The van der Waals surface area contributed by atoms with Crippen LogP contribution in [0.3, 0.4) is 0 Å². The summed E-state index contributed by atoms with van der Waals surface area (Å²) in [5, 5.41) is 0. The van der Waals surface area contributed by atoms with Crippen LogP contribution in [0.4, 0.5) is 0 Å². The number of hydrogen-bond acceptors (Lipinski definition) is 1. The normalized spacial score (nSPS) is 43.9. The van der Waals surface area contributed by atoms with Gasteiger partial charge in [-0.3, -0.25) is 4.79 Å². The highest BCUT2D eigenvalue weighted by atomic mass is 16.1. The van der Waals surface area contributed by atoms with Crippen LogP contribution in [0.1, 0.15) is 126 Å². The molecular weight excluding hydrogens is 364 g/mol. The van der Waals surface area contributed by atoms with Crippen LogP contribution in [-0.4, -0.2) is 5.78 Å². The zero-order chi connectivity index (χ0) is 22.1. The molecule has 0 aromatic rings. The monoisotopic (exact) mass is 416 g/mol. The first-order valence-corrected chi connectivity index (χ1v) is 13.8. The predicted octanol–water partition coefficient (Wildman–Crippen LogP) is 8.70. The number of hydrogen-bond donors (Lipinski definition) is 0. The Morgan fingerprint density at radius 2 is 1.57 bits per heavy atom. The van der Waals surface area contributed by atoms with Crippen LogP contribution >= 0.6 is 0 Å². The summed E-state index contributed by atoms with van der Waals surface area (Å²) in [6.45, 7) is 16.6. The number of carbonyl (C=O) groups is 1. The number of rotatable bonds is 5. The van der Waals surface area contributed by atoms with Crippen LogP contribution in [0.2, 0.25) is 0 Å².